The number of aliphatic hydroxyl groups excluding tert-OH is 15. The van der Waals surface area contributed by atoms with Gasteiger partial charge in [0, 0.05) is 0 Å². The molecule has 5 heterocycles. The van der Waals surface area contributed by atoms with Crippen LogP contribution in [0, 0.1) is 0 Å². The Labute approximate surface area is 293 Å². The van der Waals surface area contributed by atoms with Crippen LogP contribution in [0.15, 0.2) is 0 Å². The van der Waals surface area contributed by atoms with Gasteiger partial charge >= 0.3 is 0 Å². The molecule has 24 nitrogen and oxygen atoms in total. The maximum Gasteiger partial charge on any atom is 0.187 e. The van der Waals surface area contributed by atoms with Crippen LogP contribution in [0.1, 0.15) is 0 Å². The van der Waals surface area contributed by atoms with Crippen LogP contribution in [0.5, 0.6) is 0 Å². The standard InChI is InChI=1S/C28H48O24/c29-1-6-11(33)16(38)20(42)26(46-6)51-23-18(40)13(35)8(3-31)48-28(23)52-22-17(39)12(34)7(2-30)47-27(22)44-5-10-14(36)19(41)25(49-10)50-21-15(37)9(4-32)45-24(21)43/h6-43H,1-5H2/t6-,7-,8-,9-,10-,11-,12-,13-,14-,15-,16+,17+,18+,19+,20+,21+,22+,23+,24?,25?,26?,27?,28?/m1/s1. The van der Waals surface area contributed by atoms with Gasteiger partial charge in [-0.05, 0) is 0 Å². The average Bonchev–Trinajstić information content (AvgIpc) is 3.56. The molecule has 0 aliphatic carbocycles. The second kappa shape index (κ2) is 17.9. The van der Waals surface area contributed by atoms with Crippen LogP contribution < -0.4 is 0 Å². The Morgan fingerprint density at radius 1 is 0.327 bits per heavy atom. The van der Waals surface area contributed by atoms with Crippen molar-refractivity contribution in [2.45, 2.75) is 141 Å². The van der Waals surface area contributed by atoms with Crippen LogP contribution >= 0.6 is 0 Å². The van der Waals surface area contributed by atoms with Gasteiger partial charge in [0.25, 0.3) is 0 Å². The highest BCUT2D eigenvalue weighted by molar-refractivity contribution is 4.97. The maximum atomic E-state index is 11.1. The summed E-state index contributed by atoms with van der Waals surface area (Å²) in [4.78, 5) is 0. The van der Waals surface area contributed by atoms with Gasteiger partial charge in [-0.15, -0.1) is 0 Å². The van der Waals surface area contributed by atoms with Crippen molar-refractivity contribution in [1.82, 2.24) is 0 Å². The van der Waals surface area contributed by atoms with Gasteiger partial charge in [-0.1, -0.05) is 0 Å². The summed E-state index contributed by atoms with van der Waals surface area (Å²) in [7, 11) is 0. The van der Waals surface area contributed by atoms with Crippen LogP contribution in [0.2, 0.25) is 0 Å². The van der Waals surface area contributed by atoms with E-state index in [1.165, 1.54) is 0 Å². The van der Waals surface area contributed by atoms with E-state index in [1.807, 2.05) is 0 Å². The summed E-state index contributed by atoms with van der Waals surface area (Å²) >= 11 is 0. The zero-order valence-corrected chi connectivity index (χ0v) is 27.2. The first-order valence-electron chi connectivity index (χ1n) is 16.4. The zero-order valence-electron chi connectivity index (χ0n) is 27.2. The third-order valence-corrected chi connectivity index (χ3v) is 9.61. The molecule has 0 amide bonds. The molecule has 304 valence electrons. The second-order valence-corrected chi connectivity index (χ2v) is 13.0. The van der Waals surface area contributed by atoms with E-state index in [1.54, 1.807) is 0 Å². The SMILES string of the molecule is OC[C@H]1OC(O[C@@H]2C(O[C@@H]3C(OC[C@H]4OC(O[C@@H]5C(O)O[C@H](CO)[C@H]5O)[C@@H](O)[C@@H]4O)O[C@H](CO)[C@@H](O)[C@@H]3O)O[C@H](CO)[C@@H](O)[C@@H]2O)[C@@H](O)[C@@H](O)[C@@H]1O. The highest BCUT2D eigenvalue weighted by Crippen LogP contribution is 2.34. The third kappa shape index (κ3) is 8.41. The first-order valence-corrected chi connectivity index (χ1v) is 16.4. The molecule has 5 rings (SSSR count). The fraction of sp³-hybridized carbons (Fsp3) is 1.00. The molecule has 24 heteroatoms. The number of hydrogen-bond donors (Lipinski definition) is 15. The summed E-state index contributed by atoms with van der Waals surface area (Å²) in [6.07, 6.45) is -39.9. The molecule has 0 aromatic carbocycles. The topological polar surface area (TPSA) is 387 Å². The molecule has 0 aromatic rings. The second-order valence-electron chi connectivity index (χ2n) is 13.0. The fourth-order valence-electron chi connectivity index (χ4n) is 6.46. The Morgan fingerprint density at radius 3 is 1.21 bits per heavy atom. The lowest BCUT2D eigenvalue weighted by molar-refractivity contribution is -0.394. The molecule has 0 saturated carbocycles. The van der Waals surface area contributed by atoms with Crippen LogP contribution in [0.4, 0.5) is 0 Å². The molecule has 5 unspecified atom stereocenters. The summed E-state index contributed by atoms with van der Waals surface area (Å²) in [5, 5.41) is 154. The van der Waals surface area contributed by atoms with E-state index in [4.69, 9.17) is 42.6 Å². The lowest BCUT2D eigenvalue weighted by Crippen LogP contribution is -2.67. The monoisotopic (exact) mass is 768 g/mol. The summed E-state index contributed by atoms with van der Waals surface area (Å²) in [5.74, 6) is 0. The van der Waals surface area contributed by atoms with Gasteiger partial charge in [0.2, 0.25) is 0 Å². The fourth-order valence-corrected chi connectivity index (χ4v) is 6.46. The van der Waals surface area contributed by atoms with Gasteiger partial charge in [-0.25, -0.2) is 0 Å². The highest BCUT2D eigenvalue weighted by Gasteiger charge is 2.55. The first-order chi connectivity index (χ1) is 24.7. The summed E-state index contributed by atoms with van der Waals surface area (Å²) < 4.78 is 49.5. The number of rotatable bonds is 13. The largest absolute Gasteiger partial charge is 0.394 e. The minimum atomic E-state index is -2.00. The Bertz CT molecular complexity index is 1110. The molecule has 5 fully saturated rings. The Morgan fingerprint density at radius 2 is 0.692 bits per heavy atom. The minimum Gasteiger partial charge on any atom is -0.394 e. The number of hydrogen-bond acceptors (Lipinski definition) is 24. The molecule has 15 N–H and O–H groups in total. The molecule has 5 aliphatic heterocycles. The zero-order chi connectivity index (χ0) is 38.2. The van der Waals surface area contributed by atoms with Gasteiger partial charge in [0.05, 0.1) is 33.0 Å². The average molecular weight is 769 g/mol. The highest BCUT2D eigenvalue weighted by atomic mass is 16.8. The van der Waals surface area contributed by atoms with Crippen LogP contribution in [-0.2, 0) is 42.6 Å². The van der Waals surface area contributed by atoms with E-state index in [2.05, 4.69) is 0 Å². The van der Waals surface area contributed by atoms with Crippen molar-refractivity contribution in [3.63, 3.8) is 0 Å². The van der Waals surface area contributed by atoms with Crippen molar-refractivity contribution < 1.29 is 119 Å². The Balaban J connectivity index is 1.31. The maximum absolute atomic E-state index is 11.1. The Kier molecular flexibility index (Phi) is 14.5. The molecule has 23 atom stereocenters. The molecule has 5 saturated heterocycles. The molecule has 0 bridgehead atoms. The minimum absolute atomic E-state index is 0.669. The predicted octanol–water partition coefficient (Wildman–Crippen LogP) is -10.6. The van der Waals surface area contributed by atoms with Crippen LogP contribution in [0.3, 0.4) is 0 Å². The first kappa shape index (κ1) is 42.2. The summed E-state index contributed by atoms with van der Waals surface area (Å²) in [6, 6.07) is 0. The number of ether oxygens (including phenoxy) is 9. The number of aliphatic hydroxyl groups is 15. The van der Waals surface area contributed by atoms with Gasteiger partial charge in [0.1, 0.15) is 110 Å². The van der Waals surface area contributed by atoms with E-state index in [0.717, 1.165) is 0 Å². The smallest absolute Gasteiger partial charge is 0.187 e. The van der Waals surface area contributed by atoms with Gasteiger partial charge in [-0.2, -0.15) is 0 Å². The summed E-state index contributed by atoms with van der Waals surface area (Å²) in [6.45, 7) is -3.95. The van der Waals surface area contributed by atoms with Gasteiger partial charge < -0.3 is 119 Å². The van der Waals surface area contributed by atoms with E-state index in [9.17, 15) is 76.6 Å². The van der Waals surface area contributed by atoms with Gasteiger partial charge in [-0.3, -0.25) is 0 Å². The summed E-state index contributed by atoms with van der Waals surface area (Å²) in [5.41, 5.74) is 0. The molecule has 0 spiro atoms. The van der Waals surface area contributed by atoms with Crippen LogP contribution in [0.25, 0.3) is 0 Å². The molecule has 0 radical (unpaired) electrons. The van der Waals surface area contributed by atoms with Crippen molar-refractivity contribution in [3.8, 4) is 0 Å². The normalized spacial score (nSPS) is 53.0. The van der Waals surface area contributed by atoms with Crippen molar-refractivity contribution >= 4 is 0 Å². The van der Waals surface area contributed by atoms with E-state index in [-0.39, 0.29) is 0 Å². The lowest BCUT2D eigenvalue weighted by atomic mass is 9.96. The van der Waals surface area contributed by atoms with Crippen molar-refractivity contribution in [2.24, 2.45) is 0 Å². The quantitative estimate of drug-likeness (QED) is 0.0827. The van der Waals surface area contributed by atoms with Crippen LogP contribution in [-0.4, -0.2) is 251 Å². The van der Waals surface area contributed by atoms with E-state index < -0.39 is 174 Å². The molecule has 5 aliphatic rings. The molecular weight excluding hydrogens is 720 g/mol. The third-order valence-electron chi connectivity index (χ3n) is 9.61. The van der Waals surface area contributed by atoms with Gasteiger partial charge in [0.15, 0.2) is 31.5 Å². The molecule has 52 heavy (non-hydrogen) atoms. The van der Waals surface area contributed by atoms with E-state index >= 15 is 0 Å². The molecule has 0 aromatic heterocycles. The van der Waals surface area contributed by atoms with Crippen molar-refractivity contribution in [1.29, 1.82) is 0 Å². The van der Waals surface area contributed by atoms with Crippen molar-refractivity contribution in [2.75, 3.05) is 33.0 Å². The lowest BCUT2D eigenvalue weighted by Gasteiger charge is -2.48. The van der Waals surface area contributed by atoms with E-state index in [0.29, 0.717) is 0 Å². The Hall–Kier alpha value is -0.960. The molecular formula is C28H48O24. The van der Waals surface area contributed by atoms with Crippen molar-refractivity contribution in [3.05, 3.63) is 0 Å². The predicted molar refractivity (Wildman–Crippen MR) is 155 cm³/mol.